The van der Waals surface area contributed by atoms with Crippen LogP contribution in [0, 0.1) is 20.8 Å². The molecule has 0 saturated carbocycles. The summed E-state index contributed by atoms with van der Waals surface area (Å²) in [5.41, 5.74) is 6.73. The molecule has 2 aromatic heterocycles. The van der Waals surface area contributed by atoms with Crippen LogP contribution in [0.4, 0.5) is 5.69 Å². The maximum atomic E-state index is 12.7. The van der Waals surface area contributed by atoms with Crippen LogP contribution in [0.15, 0.2) is 60.8 Å². The highest BCUT2D eigenvalue weighted by Gasteiger charge is 2.16. The summed E-state index contributed by atoms with van der Waals surface area (Å²) in [5.74, 6) is -0.120. The van der Waals surface area contributed by atoms with E-state index in [0.717, 1.165) is 44.7 Å². The van der Waals surface area contributed by atoms with E-state index in [1.807, 2.05) is 63.2 Å². The van der Waals surface area contributed by atoms with Gasteiger partial charge in [0.1, 0.15) is 6.54 Å². The second-order valence-electron chi connectivity index (χ2n) is 7.03. The van der Waals surface area contributed by atoms with Gasteiger partial charge in [0.05, 0.1) is 5.69 Å². The lowest BCUT2D eigenvalue weighted by atomic mass is 10.0. The zero-order valence-electron chi connectivity index (χ0n) is 16.2. The Morgan fingerprint density at radius 2 is 1.82 bits per heavy atom. The number of amides is 1. The molecule has 1 amide bonds. The Kier molecular flexibility index (Phi) is 4.65. The molecule has 2 heterocycles. The third kappa shape index (κ3) is 3.39. The normalized spacial score (nSPS) is 11.0. The average Bonchev–Trinajstić information content (AvgIpc) is 3.01. The van der Waals surface area contributed by atoms with Crippen LogP contribution in [0.5, 0.6) is 0 Å². The highest BCUT2D eigenvalue weighted by atomic mass is 16.2. The molecular weight excluding hydrogens is 348 g/mol. The van der Waals surface area contributed by atoms with Crippen LogP contribution in [0.2, 0.25) is 0 Å². The number of carbonyl (C=O) groups excluding carboxylic acids is 1. The van der Waals surface area contributed by atoms with Gasteiger partial charge in [-0.15, -0.1) is 0 Å². The number of benzene rings is 2. The zero-order chi connectivity index (χ0) is 19.7. The second-order valence-corrected chi connectivity index (χ2v) is 7.03. The number of pyridine rings is 1. The number of aryl methyl sites for hydroxylation is 3. The summed E-state index contributed by atoms with van der Waals surface area (Å²) in [6, 6.07) is 18.2. The fraction of sp³-hybridized carbons (Fsp3) is 0.174. The summed E-state index contributed by atoms with van der Waals surface area (Å²) in [5, 5.41) is 8.56. The lowest BCUT2D eigenvalue weighted by molar-refractivity contribution is -0.116. The monoisotopic (exact) mass is 370 g/mol. The molecule has 0 spiro atoms. The van der Waals surface area contributed by atoms with Crippen molar-refractivity contribution in [2.75, 3.05) is 5.32 Å². The lowest BCUT2D eigenvalue weighted by Crippen LogP contribution is -2.20. The first-order valence-electron chi connectivity index (χ1n) is 9.27. The third-order valence-corrected chi connectivity index (χ3v) is 4.85. The van der Waals surface area contributed by atoms with Crippen molar-refractivity contribution in [3.63, 3.8) is 0 Å². The SMILES string of the molecule is Cc1ccc(C)c(NC(=O)Cn2nc(C)c3c(-c4ccccc4)ccnc32)c1. The first-order chi connectivity index (χ1) is 13.5. The van der Waals surface area contributed by atoms with Crippen molar-refractivity contribution >= 4 is 22.6 Å². The molecule has 4 rings (SSSR count). The first kappa shape index (κ1) is 17.9. The quantitative estimate of drug-likeness (QED) is 0.568. The summed E-state index contributed by atoms with van der Waals surface area (Å²) >= 11 is 0. The smallest absolute Gasteiger partial charge is 0.246 e. The van der Waals surface area contributed by atoms with Crippen LogP contribution < -0.4 is 5.32 Å². The number of carbonyl (C=O) groups is 1. The van der Waals surface area contributed by atoms with E-state index in [2.05, 4.69) is 27.5 Å². The second kappa shape index (κ2) is 7.27. The van der Waals surface area contributed by atoms with Gasteiger partial charge in [0, 0.05) is 17.3 Å². The van der Waals surface area contributed by atoms with E-state index in [4.69, 9.17) is 0 Å². The number of hydrogen-bond donors (Lipinski definition) is 1. The Balaban J connectivity index is 1.67. The van der Waals surface area contributed by atoms with E-state index in [9.17, 15) is 4.79 Å². The Morgan fingerprint density at radius 1 is 1.04 bits per heavy atom. The maximum Gasteiger partial charge on any atom is 0.246 e. The number of nitrogens with zero attached hydrogens (tertiary/aromatic N) is 3. The van der Waals surface area contributed by atoms with Gasteiger partial charge in [-0.2, -0.15) is 5.10 Å². The largest absolute Gasteiger partial charge is 0.324 e. The van der Waals surface area contributed by atoms with Crippen molar-refractivity contribution in [3.8, 4) is 11.1 Å². The minimum atomic E-state index is -0.120. The molecule has 1 N–H and O–H groups in total. The minimum Gasteiger partial charge on any atom is -0.324 e. The maximum absolute atomic E-state index is 12.7. The van der Waals surface area contributed by atoms with Gasteiger partial charge in [-0.05, 0) is 55.2 Å². The van der Waals surface area contributed by atoms with E-state index in [0.29, 0.717) is 0 Å². The Morgan fingerprint density at radius 3 is 2.61 bits per heavy atom. The molecule has 2 aromatic carbocycles. The van der Waals surface area contributed by atoms with E-state index in [-0.39, 0.29) is 12.5 Å². The fourth-order valence-electron chi connectivity index (χ4n) is 3.45. The Bertz CT molecular complexity index is 1160. The number of rotatable bonds is 4. The Hall–Kier alpha value is -3.47. The van der Waals surface area contributed by atoms with E-state index in [1.54, 1.807) is 10.9 Å². The van der Waals surface area contributed by atoms with Gasteiger partial charge >= 0.3 is 0 Å². The molecular formula is C23H22N4O. The highest BCUT2D eigenvalue weighted by Crippen LogP contribution is 2.29. The van der Waals surface area contributed by atoms with E-state index in [1.165, 1.54) is 0 Å². The average molecular weight is 370 g/mol. The van der Waals surface area contributed by atoms with E-state index >= 15 is 0 Å². The van der Waals surface area contributed by atoms with Gasteiger partial charge < -0.3 is 5.32 Å². The van der Waals surface area contributed by atoms with Crippen LogP contribution in [-0.2, 0) is 11.3 Å². The topological polar surface area (TPSA) is 59.8 Å². The minimum absolute atomic E-state index is 0.114. The first-order valence-corrected chi connectivity index (χ1v) is 9.27. The van der Waals surface area contributed by atoms with Crippen LogP contribution in [0.25, 0.3) is 22.2 Å². The molecule has 0 saturated heterocycles. The summed E-state index contributed by atoms with van der Waals surface area (Å²) < 4.78 is 1.68. The molecule has 0 bridgehead atoms. The van der Waals surface area contributed by atoms with Crippen molar-refractivity contribution in [1.29, 1.82) is 0 Å². The summed E-state index contributed by atoms with van der Waals surface area (Å²) in [4.78, 5) is 17.2. The molecule has 0 radical (unpaired) electrons. The third-order valence-electron chi connectivity index (χ3n) is 4.85. The van der Waals surface area contributed by atoms with Crippen molar-refractivity contribution in [2.24, 2.45) is 0 Å². The molecule has 4 aromatic rings. The summed E-state index contributed by atoms with van der Waals surface area (Å²) in [6.45, 7) is 6.06. The molecule has 28 heavy (non-hydrogen) atoms. The summed E-state index contributed by atoms with van der Waals surface area (Å²) in [7, 11) is 0. The van der Waals surface area contributed by atoms with Crippen LogP contribution in [0.1, 0.15) is 16.8 Å². The lowest BCUT2D eigenvalue weighted by Gasteiger charge is -2.10. The van der Waals surface area contributed by atoms with Crippen molar-refractivity contribution in [2.45, 2.75) is 27.3 Å². The highest BCUT2D eigenvalue weighted by molar-refractivity contribution is 5.96. The number of anilines is 1. The molecule has 0 unspecified atom stereocenters. The van der Waals surface area contributed by atoms with Gasteiger partial charge in [0.15, 0.2) is 5.65 Å². The predicted octanol–water partition coefficient (Wildman–Crippen LogP) is 4.66. The van der Waals surface area contributed by atoms with E-state index < -0.39 is 0 Å². The van der Waals surface area contributed by atoms with Crippen LogP contribution in [0.3, 0.4) is 0 Å². The molecule has 0 aliphatic carbocycles. The summed E-state index contributed by atoms with van der Waals surface area (Å²) in [6.07, 6.45) is 1.77. The van der Waals surface area contributed by atoms with Gasteiger partial charge in [-0.1, -0.05) is 42.5 Å². The molecule has 0 atom stereocenters. The van der Waals surface area contributed by atoms with Crippen molar-refractivity contribution in [1.82, 2.24) is 14.8 Å². The predicted molar refractivity (Wildman–Crippen MR) is 112 cm³/mol. The van der Waals surface area contributed by atoms with Gasteiger partial charge in [-0.3, -0.25) is 4.79 Å². The zero-order valence-corrected chi connectivity index (χ0v) is 16.2. The van der Waals surface area contributed by atoms with Gasteiger partial charge in [0.2, 0.25) is 5.91 Å². The molecule has 0 fully saturated rings. The number of hydrogen-bond acceptors (Lipinski definition) is 3. The fourth-order valence-corrected chi connectivity index (χ4v) is 3.45. The molecule has 5 nitrogen and oxygen atoms in total. The van der Waals surface area contributed by atoms with Gasteiger partial charge in [-0.25, -0.2) is 9.67 Å². The molecule has 0 aliphatic rings. The molecule has 140 valence electrons. The number of fused-ring (bicyclic) bond motifs is 1. The van der Waals surface area contributed by atoms with Crippen molar-refractivity contribution < 1.29 is 4.79 Å². The standard InChI is InChI=1S/C23H22N4O/c1-15-9-10-16(2)20(13-15)25-21(28)14-27-23-22(17(3)26-27)19(11-12-24-23)18-7-5-4-6-8-18/h4-13H,14H2,1-3H3,(H,25,28). The number of nitrogens with one attached hydrogen (secondary N) is 1. The van der Waals surface area contributed by atoms with Crippen LogP contribution >= 0.6 is 0 Å². The molecule has 5 heteroatoms. The van der Waals surface area contributed by atoms with Crippen molar-refractivity contribution in [3.05, 3.63) is 77.6 Å². The van der Waals surface area contributed by atoms with Gasteiger partial charge in [0.25, 0.3) is 0 Å². The number of aromatic nitrogens is 3. The molecule has 0 aliphatic heterocycles. The Labute approximate surface area is 164 Å². The van der Waals surface area contributed by atoms with Crippen LogP contribution in [-0.4, -0.2) is 20.7 Å².